The summed E-state index contributed by atoms with van der Waals surface area (Å²) in [6, 6.07) is 5.55. The van der Waals surface area contributed by atoms with Crippen LogP contribution in [0.1, 0.15) is 27.6 Å². The minimum atomic E-state index is -0.0139. The Hall–Kier alpha value is -3.16. The molecule has 0 saturated carbocycles. The van der Waals surface area contributed by atoms with Crippen LogP contribution in [0.3, 0.4) is 0 Å². The number of fused-ring (bicyclic) bond motifs is 1. The average Bonchev–Trinajstić information content (AvgIpc) is 3.19. The molecule has 4 heterocycles. The Labute approximate surface area is 157 Å². The van der Waals surface area contributed by atoms with Crippen molar-refractivity contribution in [3.8, 4) is 0 Å². The number of carbonyl (C=O) groups is 1. The predicted octanol–water partition coefficient (Wildman–Crippen LogP) is 2.27. The summed E-state index contributed by atoms with van der Waals surface area (Å²) in [6.45, 7) is 6.21. The second-order valence-electron chi connectivity index (χ2n) is 6.84. The fourth-order valence-electron chi connectivity index (χ4n) is 3.46. The maximum Gasteiger partial charge on any atom is 0.257 e. The zero-order chi connectivity index (χ0) is 18.8. The molecule has 8 nitrogen and oxygen atoms in total. The van der Waals surface area contributed by atoms with Gasteiger partial charge < -0.3 is 14.6 Å². The van der Waals surface area contributed by atoms with Gasteiger partial charge in [0.2, 0.25) is 5.95 Å². The van der Waals surface area contributed by atoms with Gasteiger partial charge in [-0.1, -0.05) is 0 Å². The Morgan fingerprint density at radius 2 is 2.07 bits per heavy atom. The van der Waals surface area contributed by atoms with Gasteiger partial charge in [0, 0.05) is 44.1 Å². The van der Waals surface area contributed by atoms with Gasteiger partial charge in [-0.25, -0.2) is 9.97 Å². The van der Waals surface area contributed by atoms with E-state index < -0.39 is 0 Å². The molecule has 1 N–H and O–H groups in total. The lowest BCUT2D eigenvalue weighted by Crippen LogP contribution is -2.36. The smallest absolute Gasteiger partial charge is 0.257 e. The first-order valence-corrected chi connectivity index (χ1v) is 8.98. The first-order chi connectivity index (χ1) is 13.1. The SMILES string of the molecule is Cc1cc(C(=O)N2Cc3ccnn3C[C@H](CNc3ncccn3)C2)c(C)o1. The van der Waals surface area contributed by atoms with Gasteiger partial charge in [0.25, 0.3) is 5.91 Å². The lowest BCUT2D eigenvalue weighted by Gasteiger charge is -2.24. The van der Waals surface area contributed by atoms with E-state index in [1.165, 1.54) is 0 Å². The first kappa shape index (κ1) is 17.3. The van der Waals surface area contributed by atoms with Gasteiger partial charge in [0.05, 0.1) is 17.8 Å². The summed E-state index contributed by atoms with van der Waals surface area (Å²) < 4.78 is 7.52. The van der Waals surface area contributed by atoms with E-state index >= 15 is 0 Å². The number of nitrogens with zero attached hydrogens (tertiary/aromatic N) is 5. The number of furan rings is 1. The van der Waals surface area contributed by atoms with E-state index in [2.05, 4.69) is 20.4 Å². The number of anilines is 1. The Bertz CT molecular complexity index is 933. The van der Waals surface area contributed by atoms with Crippen LogP contribution in [0.25, 0.3) is 0 Å². The van der Waals surface area contributed by atoms with E-state index in [-0.39, 0.29) is 11.8 Å². The summed E-state index contributed by atoms with van der Waals surface area (Å²) in [5.74, 6) is 2.14. The van der Waals surface area contributed by atoms with Crippen molar-refractivity contribution in [2.24, 2.45) is 5.92 Å². The van der Waals surface area contributed by atoms with Crippen LogP contribution in [0.4, 0.5) is 5.95 Å². The zero-order valence-corrected chi connectivity index (χ0v) is 15.4. The van der Waals surface area contributed by atoms with Gasteiger partial charge >= 0.3 is 0 Å². The van der Waals surface area contributed by atoms with Crippen molar-refractivity contribution in [3.05, 3.63) is 59.6 Å². The normalized spacial score (nSPS) is 16.7. The summed E-state index contributed by atoms with van der Waals surface area (Å²) in [5, 5.41) is 7.67. The first-order valence-electron chi connectivity index (χ1n) is 8.98. The molecule has 0 fully saturated rings. The molecule has 8 heteroatoms. The molecule has 0 aliphatic carbocycles. The molecule has 0 radical (unpaired) electrons. The van der Waals surface area contributed by atoms with Gasteiger partial charge in [-0.3, -0.25) is 9.48 Å². The van der Waals surface area contributed by atoms with Gasteiger partial charge in [-0.2, -0.15) is 5.10 Å². The maximum absolute atomic E-state index is 13.1. The molecule has 0 aromatic carbocycles. The lowest BCUT2D eigenvalue weighted by atomic mass is 10.1. The molecule has 1 aliphatic heterocycles. The quantitative estimate of drug-likeness (QED) is 0.762. The third-order valence-corrected chi connectivity index (χ3v) is 4.74. The van der Waals surface area contributed by atoms with Crippen LogP contribution < -0.4 is 5.32 Å². The van der Waals surface area contributed by atoms with E-state index in [9.17, 15) is 4.79 Å². The standard InChI is InChI=1S/C19H22N6O2/c1-13-8-17(14(2)27-13)18(26)24-10-15(9-22-19-20-5-3-6-21-19)11-25-16(12-24)4-7-23-25/h3-8,15H,9-12H2,1-2H3,(H,20,21,22)/t15-/m1/s1. The summed E-state index contributed by atoms with van der Waals surface area (Å²) in [7, 11) is 0. The number of aryl methyl sites for hydroxylation is 2. The third kappa shape index (κ3) is 3.69. The van der Waals surface area contributed by atoms with Crippen LogP contribution in [0.5, 0.6) is 0 Å². The molecule has 4 rings (SSSR count). The van der Waals surface area contributed by atoms with Gasteiger partial charge in [-0.05, 0) is 32.0 Å². The number of aromatic nitrogens is 4. The van der Waals surface area contributed by atoms with Crippen LogP contribution in [0, 0.1) is 19.8 Å². The van der Waals surface area contributed by atoms with Crippen LogP contribution in [-0.2, 0) is 13.1 Å². The summed E-state index contributed by atoms with van der Waals surface area (Å²) >= 11 is 0. The molecule has 140 valence electrons. The Morgan fingerprint density at radius 1 is 1.26 bits per heavy atom. The van der Waals surface area contributed by atoms with Crippen LogP contribution in [0.2, 0.25) is 0 Å². The Balaban J connectivity index is 1.54. The summed E-state index contributed by atoms with van der Waals surface area (Å²) in [6.07, 6.45) is 5.18. The highest BCUT2D eigenvalue weighted by atomic mass is 16.3. The average molecular weight is 366 g/mol. The van der Waals surface area contributed by atoms with Gasteiger partial charge in [0.1, 0.15) is 11.5 Å². The number of rotatable bonds is 4. The fraction of sp³-hybridized carbons (Fsp3) is 0.368. The predicted molar refractivity (Wildman–Crippen MR) is 99.2 cm³/mol. The molecule has 0 unspecified atom stereocenters. The van der Waals surface area contributed by atoms with Crippen molar-refractivity contribution in [2.45, 2.75) is 26.9 Å². The van der Waals surface area contributed by atoms with Crippen molar-refractivity contribution in [2.75, 3.05) is 18.4 Å². The highest BCUT2D eigenvalue weighted by molar-refractivity contribution is 5.95. The zero-order valence-electron chi connectivity index (χ0n) is 15.4. The monoisotopic (exact) mass is 366 g/mol. The van der Waals surface area contributed by atoms with Crippen molar-refractivity contribution in [1.82, 2.24) is 24.6 Å². The maximum atomic E-state index is 13.1. The molecule has 0 bridgehead atoms. The van der Waals surface area contributed by atoms with Gasteiger partial charge in [-0.15, -0.1) is 0 Å². The van der Waals surface area contributed by atoms with Crippen molar-refractivity contribution < 1.29 is 9.21 Å². The molecule has 1 amide bonds. The number of hydrogen-bond donors (Lipinski definition) is 1. The van der Waals surface area contributed by atoms with E-state index in [0.717, 1.165) is 18.0 Å². The Morgan fingerprint density at radius 3 is 2.81 bits per heavy atom. The Kier molecular flexibility index (Phi) is 4.62. The van der Waals surface area contributed by atoms with Crippen LogP contribution in [0.15, 0.2) is 41.2 Å². The largest absolute Gasteiger partial charge is 0.466 e. The molecular weight excluding hydrogens is 344 g/mol. The number of carbonyl (C=O) groups excluding carboxylic acids is 1. The fourth-order valence-corrected chi connectivity index (χ4v) is 3.46. The molecule has 0 saturated heterocycles. The van der Waals surface area contributed by atoms with Crippen molar-refractivity contribution >= 4 is 11.9 Å². The second kappa shape index (κ2) is 7.22. The van der Waals surface area contributed by atoms with E-state index in [1.807, 2.05) is 35.6 Å². The third-order valence-electron chi connectivity index (χ3n) is 4.74. The second-order valence-corrected chi connectivity index (χ2v) is 6.84. The molecule has 1 atom stereocenters. The minimum Gasteiger partial charge on any atom is -0.466 e. The van der Waals surface area contributed by atoms with Gasteiger partial charge in [0.15, 0.2) is 0 Å². The van der Waals surface area contributed by atoms with E-state index in [1.54, 1.807) is 24.7 Å². The molecule has 0 spiro atoms. The summed E-state index contributed by atoms with van der Waals surface area (Å²) in [5.41, 5.74) is 1.65. The highest BCUT2D eigenvalue weighted by Gasteiger charge is 2.28. The summed E-state index contributed by atoms with van der Waals surface area (Å²) in [4.78, 5) is 23.4. The van der Waals surface area contributed by atoms with E-state index in [4.69, 9.17) is 4.42 Å². The number of hydrogen-bond acceptors (Lipinski definition) is 6. The van der Waals surface area contributed by atoms with Crippen molar-refractivity contribution in [1.29, 1.82) is 0 Å². The number of nitrogens with one attached hydrogen (secondary N) is 1. The van der Waals surface area contributed by atoms with Crippen LogP contribution >= 0.6 is 0 Å². The molecule has 27 heavy (non-hydrogen) atoms. The van der Waals surface area contributed by atoms with Crippen LogP contribution in [-0.4, -0.2) is 43.6 Å². The molecule has 1 aliphatic rings. The lowest BCUT2D eigenvalue weighted by molar-refractivity contribution is 0.0722. The highest BCUT2D eigenvalue weighted by Crippen LogP contribution is 2.21. The number of amides is 1. The van der Waals surface area contributed by atoms with E-state index in [0.29, 0.717) is 36.9 Å². The molecule has 3 aromatic heterocycles. The van der Waals surface area contributed by atoms with Crippen molar-refractivity contribution in [3.63, 3.8) is 0 Å². The topological polar surface area (TPSA) is 89.1 Å². The molecular formula is C19H22N6O2. The molecule has 3 aromatic rings. The minimum absolute atomic E-state index is 0.0139.